The lowest BCUT2D eigenvalue weighted by Crippen LogP contribution is -2.36. The number of pyridine rings is 2. The van der Waals surface area contributed by atoms with Crippen LogP contribution in [0.15, 0.2) is 36.7 Å². The lowest BCUT2D eigenvalue weighted by molar-refractivity contribution is 0.0987. The van der Waals surface area contributed by atoms with Crippen LogP contribution in [0.3, 0.4) is 0 Å². The maximum absolute atomic E-state index is 12.6. The number of aromatic amines is 2. The standard InChI is InChI=1S/C23H24N6O2/c1-14-15(2)27-28-22(14)20(30)10-16-9-18-11-19(26-23(18)25-12-16)17-3-4-21(24-13-17)29-5-7-31-8-6-29/h3-4,9,11-13H,5-8,10H2,1-2H3,(H,25,26)(H,27,28). The fourth-order valence-electron chi connectivity index (χ4n) is 3.86. The lowest BCUT2D eigenvalue weighted by Gasteiger charge is -2.27. The molecular formula is C23H24N6O2. The number of aryl methyl sites for hydroxylation is 1. The van der Waals surface area contributed by atoms with Gasteiger partial charge in [-0.2, -0.15) is 5.10 Å². The van der Waals surface area contributed by atoms with Crippen LogP contribution in [0.5, 0.6) is 0 Å². The summed E-state index contributed by atoms with van der Waals surface area (Å²) in [6.07, 6.45) is 3.89. The summed E-state index contributed by atoms with van der Waals surface area (Å²) in [4.78, 5) is 27.4. The van der Waals surface area contributed by atoms with E-state index in [9.17, 15) is 4.79 Å². The van der Waals surface area contributed by atoms with Gasteiger partial charge in [-0.1, -0.05) is 0 Å². The SMILES string of the molecule is Cc1[nH]nc(C(=O)Cc2cnc3[nH]c(-c4ccc(N5CCOCC5)nc4)cc3c2)c1C. The molecule has 0 amide bonds. The zero-order valence-electron chi connectivity index (χ0n) is 17.6. The van der Waals surface area contributed by atoms with Crippen LogP contribution in [0, 0.1) is 13.8 Å². The van der Waals surface area contributed by atoms with Gasteiger partial charge in [-0.25, -0.2) is 9.97 Å². The normalized spacial score (nSPS) is 14.3. The largest absolute Gasteiger partial charge is 0.378 e. The number of hydrogen-bond acceptors (Lipinski definition) is 6. The number of Topliss-reactive ketones (excluding diaryl/α,β-unsaturated/α-hetero) is 1. The molecule has 0 bridgehead atoms. The number of H-pyrrole nitrogens is 2. The third-order valence-corrected chi connectivity index (χ3v) is 5.80. The summed E-state index contributed by atoms with van der Waals surface area (Å²) >= 11 is 0. The van der Waals surface area contributed by atoms with E-state index in [2.05, 4.69) is 36.1 Å². The van der Waals surface area contributed by atoms with E-state index in [4.69, 9.17) is 4.74 Å². The fraction of sp³-hybridized carbons (Fsp3) is 0.304. The second kappa shape index (κ2) is 7.96. The molecule has 1 aliphatic heterocycles. The van der Waals surface area contributed by atoms with Crippen LogP contribution in [-0.4, -0.2) is 57.2 Å². The zero-order chi connectivity index (χ0) is 21.4. The first-order chi connectivity index (χ1) is 15.1. The Balaban J connectivity index is 1.35. The van der Waals surface area contributed by atoms with Crippen molar-refractivity contribution >= 4 is 22.6 Å². The van der Waals surface area contributed by atoms with Gasteiger partial charge in [0.05, 0.1) is 13.2 Å². The molecule has 0 aliphatic carbocycles. The number of anilines is 1. The van der Waals surface area contributed by atoms with Crippen LogP contribution >= 0.6 is 0 Å². The molecule has 8 heteroatoms. The number of hydrogen-bond donors (Lipinski definition) is 2. The van der Waals surface area contributed by atoms with Crippen molar-refractivity contribution < 1.29 is 9.53 Å². The van der Waals surface area contributed by atoms with Crippen LogP contribution in [0.2, 0.25) is 0 Å². The van der Waals surface area contributed by atoms with Gasteiger partial charge in [-0.05, 0) is 43.7 Å². The van der Waals surface area contributed by atoms with E-state index >= 15 is 0 Å². The van der Waals surface area contributed by atoms with Crippen LogP contribution in [-0.2, 0) is 11.2 Å². The highest BCUT2D eigenvalue weighted by atomic mass is 16.5. The van der Waals surface area contributed by atoms with Gasteiger partial charge in [0.2, 0.25) is 0 Å². The molecule has 5 heterocycles. The minimum Gasteiger partial charge on any atom is -0.378 e. The number of nitrogens with zero attached hydrogens (tertiary/aromatic N) is 4. The minimum absolute atomic E-state index is 0.0124. The van der Waals surface area contributed by atoms with Crippen molar-refractivity contribution in [3.8, 4) is 11.3 Å². The van der Waals surface area contributed by atoms with Gasteiger partial charge < -0.3 is 14.6 Å². The minimum atomic E-state index is -0.0124. The van der Waals surface area contributed by atoms with E-state index in [0.717, 1.165) is 71.2 Å². The predicted octanol–water partition coefficient (Wildman–Crippen LogP) is 3.23. The number of morpholine rings is 1. The Bertz CT molecular complexity index is 1230. The quantitative estimate of drug-likeness (QED) is 0.485. The van der Waals surface area contributed by atoms with Gasteiger partial charge in [0.1, 0.15) is 17.2 Å². The van der Waals surface area contributed by atoms with Crippen molar-refractivity contribution in [2.45, 2.75) is 20.3 Å². The topological polar surface area (TPSA) is 99.8 Å². The number of ether oxygens (including phenoxy) is 1. The maximum atomic E-state index is 12.6. The second-order valence-electron chi connectivity index (χ2n) is 7.89. The van der Waals surface area contributed by atoms with Crippen molar-refractivity contribution in [3.63, 3.8) is 0 Å². The van der Waals surface area contributed by atoms with E-state index in [0.29, 0.717) is 5.69 Å². The molecule has 158 valence electrons. The maximum Gasteiger partial charge on any atom is 0.187 e. The average molecular weight is 416 g/mol. The van der Waals surface area contributed by atoms with E-state index in [1.54, 1.807) is 6.20 Å². The molecule has 0 saturated carbocycles. The Morgan fingerprint density at radius 2 is 1.97 bits per heavy atom. The van der Waals surface area contributed by atoms with Crippen LogP contribution in [0.25, 0.3) is 22.3 Å². The number of nitrogens with one attached hydrogen (secondary N) is 2. The number of carbonyl (C=O) groups is 1. The molecule has 4 aromatic rings. The molecule has 8 nitrogen and oxygen atoms in total. The Morgan fingerprint density at radius 3 is 2.68 bits per heavy atom. The van der Waals surface area contributed by atoms with Crippen molar-refractivity contribution in [2.24, 2.45) is 0 Å². The van der Waals surface area contributed by atoms with Crippen LogP contribution in [0.4, 0.5) is 5.82 Å². The fourth-order valence-corrected chi connectivity index (χ4v) is 3.86. The smallest absolute Gasteiger partial charge is 0.187 e. The van der Waals surface area contributed by atoms with E-state index < -0.39 is 0 Å². The predicted molar refractivity (Wildman–Crippen MR) is 118 cm³/mol. The first-order valence-electron chi connectivity index (χ1n) is 10.4. The molecule has 1 saturated heterocycles. The number of rotatable bonds is 5. The molecule has 4 aromatic heterocycles. The van der Waals surface area contributed by atoms with Crippen molar-refractivity contribution in [1.29, 1.82) is 0 Å². The number of fused-ring (bicyclic) bond motifs is 1. The highest BCUT2D eigenvalue weighted by Crippen LogP contribution is 2.25. The van der Waals surface area contributed by atoms with Gasteiger partial charge in [0.25, 0.3) is 0 Å². The molecule has 1 aliphatic rings. The van der Waals surface area contributed by atoms with Gasteiger partial charge in [0.15, 0.2) is 5.78 Å². The third kappa shape index (κ3) is 3.82. The Morgan fingerprint density at radius 1 is 1.13 bits per heavy atom. The van der Waals surface area contributed by atoms with Gasteiger partial charge in [-0.3, -0.25) is 9.89 Å². The lowest BCUT2D eigenvalue weighted by atomic mass is 10.0. The summed E-state index contributed by atoms with van der Waals surface area (Å²) in [7, 11) is 0. The zero-order valence-corrected chi connectivity index (χ0v) is 17.6. The second-order valence-corrected chi connectivity index (χ2v) is 7.89. The summed E-state index contributed by atoms with van der Waals surface area (Å²) in [5, 5.41) is 7.98. The summed E-state index contributed by atoms with van der Waals surface area (Å²) < 4.78 is 5.41. The van der Waals surface area contributed by atoms with Crippen LogP contribution in [0.1, 0.15) is 27.3 Å². The van der Waals surface area contributed by atoms with Crippen molar-refractivity contribution in [1.82, 2.24) is 25.1 Å². The Kier molecular flexibility index (Phi) is 4.99. The molecule has 5 rings (SSSR count). The summed E-state index contributed by atoms with van der Waals surface area (Å²) in [5.41, 5.74) is 5.91. The number of aromatic nitrogens is 5. The highest BCUT2D eigenvalue weighted by molar-refractivity contribution is 5.97. The first kappa shape index (κ1) is 19.4. The van der Waals surface area contributed by atoms with Crippen LogP contribution < -0.4 is 4.90 Å². The van der Waals surface area contributed by atoms with E-state index in [1.807, 2.05) is 38.2 Å². The van der Waals surface area contributed by atoms with Gasteiger partial charge >= 0.3 is 0 Å². The van der Waals surface area contributed by atoms with Crippen molar-refractivity contribution in [3.05, 3.63) is 59.2 Å². The van der Waals surface area contributed by atoms with Crippen molar-refractivity contribution in [2.75, 3.05) is 31.2 Å². The molecule has 1 fully saturated rings. The number of carbonyl (C=O) groups excluding carboxylic acids is 1. The molecule has 31 heavy (non-hydrogen) atoms. The summed E-state index contributed by atoms with van der Waals surface area (Å²) in [6.45, 7) is 7.02. The van der Waals surface area contributed by atoms with Gasteiger partial charge in [0, 0.05) is 59.8 Å². The monoisotopic (exact) mass is 416 g/mol. The third-order valence-electron chi connectivity index (χ3n) is 5.80. The Hall–Kier alpha value is -3.52. The first-order valence-corrected chi connectivity index (χ1v) is 10.4. The van der Waals surface area contributed by atoms with E-state index in [-0.39, 0.29) is 12.2 Å². The van der Waals surface area contributed by atoms with E-state index in [1.165, 1.54) is 0 Å². The summed E-state index contributed by atoms with van der Waals surface area (Å²) in [5.74, 6) is 0.952. The molecular weight excluding hydrogens is 392 g/mol. The molecule has 0 radical (unpaired) electrons. The molecule has 0 atom stereocenters. The molecule has 0 spiro atoms. The Labute approximate surface area is 179 Å². The average Bonchev–Trinajstić information content (AvgIpc) is 3.37. The van der Waals surface area contributed by atoms with Gasteiger partial charge in [-0.15, -0.1) is 0 Å². The molecule has 2 N–H and O–H groups in total. The highest BCUT2D eigenvalue weighted by Gasteiger charge is 2.16. The molecule has 0 unspecified atom stereocenters. The molecule has 0 aromatic carbocycles. The summed E-state index contributed by atoms with van der Waals surface area (Å²) in [6, 6.07) is 8.16. The number of ketones is 1.